The van der Waals surface area contributed by atoms with E-state index in [0.717, 1.165) is 19.1 Å². The lowest BCUT2D eigenvalue weighted by molar-refractivity contribution is 0.0178. The van der Waals surface area contributed by atoms with Gasteiger partial charge in [0.2, 0.25) is 0 Å². The first-order valence-corrected chi connectivity index (χ1v) is 7.66. The highest BCUT2D eigenvalue weighted by Crippen LogP contribution is 2.32. The second kappa shape index (κ2) is 8.93. The second-order valence-corrected chi connectivity index (χ2v) is 5.38. The molecule has 2 heteroatoms. The SMILES string of the molecule is CCCNC(CC1CCC1)C(CCC)OCC. The molecule has 0 spiro atoms. The average molecular weight is 241 g/mol. The van der Waals surface area contributed by atoms with Crippen LogP contribution >= 0.6 is 0 Å². The summed E-state index contributed by atoms with van der Waals surface area (Å²) in [5, 5.41) is 3.71. The fourth-order valence-corrected chi connectivity index (χ4v) is 2.68. The molecule has 17 heavy (non-hydrogen) atoms. The van der Waals surface area contributed by atoms with E-state index in [1.54, 1.807) is 0 Å². The minimum absolute atomic E-state index is 0.428. The Hall–Kier alpha value is -0.0800. The maximum absolute atomic E-state index is 5.95. The zero-order chi connectivity index (χ0) is 12.5. The Morgan fingerprint density at radius 2 is 1.94 bits per heavy atom. The minimum atomic E-state index is 0.428. The Balaban J connectivity index is 2.43. The molecule has 1 aliphatic carbocycles. The van der Waals surface area contributed by atoms with Crippen LogP contribution in [0.2, 0.25) is 0 Å². The molecule has 0 aromatic heterocycles. The first-order chi connectivity index (χ1) is 8.31. The van der Waals surface area contributed by atoms with Gasteiger partial charge in [-0.05, 0) is 38.6 Å². The summed E-state index contributed by atoms with van der Waals surface area (Å²) >= 11 is 0. The highest BCUT2D eigenvalue weighted by molar-refractivity contribution is 4.83. The van der Waals surface area contributed by atoms with Gasteiger partial charge in [0, 0.05) is 12.6 Å². The van der Waals surface area contributed by atoms with Crippen LogP contribution in [0.1, 0.15) is 65.7 Å². The topological polar surface area (TPSA) is 21.3 Å². The van der Waals surface area contributed by atoms with Crippen LogP contribution in [0.5, 0.6) is 0 Å². The van der Waals surface area contributed by atoms with Crippen molar-refractivity contribution in [3.63, 3.8) is 0 Å². The lowest BCUT2D eigenvalue weighted by Gasteiger charge is -2.34. The van der Waals surface area contributed by atoms with Gasteiger partial charge >= 0.3 is 0 Å². The Kier molecular flexibility index (Phi) is 7.87. The fourth-order valence-electron chi connectivity index (χ4n) is 2.68. The van der Waals surface area contributed by atoms with Gasteiger partial charge in [-0.25, -0.2) is 0 Å². The van der Waals surface area contributed by atoms with Crippen molar-refractivity contribution < 1.29 is 4.74 Å². The summed E-state index contributed by atoms with van der Waals surface area (Å²) < 4.78 is 5.95. The van der Waals surface area contributed by atoms with Crippen LogP contribution < -0.4 is 5.32 Å². The quantitative estimate of drug-likeness (QED) is 0.629. The molecule has 1 aliphatic rings. The van der Waals surface area contributed by atoms with E-state index in [9.17, 15) is 0 Å². The molecular weight excluding hydrogens is 210 g/mol. The standard InChI is InChI=1S/C15H31NO/c1-4-8-15(17-6-3)14(16-11-5-2)12-13-9-7-10-13/h13-16H,4-12H2,1-3H3. The molecule has 1 rings (SSSR count). The van der Waals surface area contributed by atoms with E-state index in [1.807, 2.05) is 0 Å². The summed E-state index contributed by atoms with van der Waals surface area (Å²) in [6, 6.07) is 0.583. The summed E-state index contributed by atoms with van der Waals surface area (Å²) in [6.07, 6.45) is 9.71. The van der Waals surface area contributed by atoms with Gasteiger partial charge in [-0.3, -0.25) is 0 Å². The molecule has 2 atom stereocenters. The maximum atomic E-state index is 5.95. The van der Waals surface area contributed by atoms with E-state index >= 15 is 0 Å². The van der Waals surface area contributed by atoms with Gasteiger partial charge in [0.05, 0.1) is 6.10 Å². The number of ether oxygens (including phenoxy) is 1. The molecule has 0 aromatic carbocycles. The van der Waals surface area contributed by atoms with Gasteiger partial charge in [0.25, 0.3) is 0 Å². The van der Waals surface area contributed by atoms with E-state index in [-0.39, 0.29) is 0 Å². The van der Waals surface area contributed by atoms with Crippen LogP contribution in [0.4, 0.5) is 0 Å². The van der Waals surface area contributed by atoms with Crippen molar-refractivity contribution in [3.05, 3.63) is 0 Å². The lowest BCUT2D eigenvalue weighted by Crippen LogP contribution is -2.43. The van der Waals surface area contributed by atoms with Crippen LogP contribution in [0.25, 0.3) is 0 Å². The van der Waals surface area contributed by atoms with Gasteiger partial charge in [0.15, 0.2) is 0 Å². The van der Waals surface area contributed by atoms with Crippen molar-refractivity contribution in [2.45, 2.75) is 77.9 Å². The summed E-state index contributed by atoms with van der Waals surface area (Å²) in [6.45, 7) is 8.59. The highest BCUT2D eigenvalue weighted by Gasteiger charge is 2.27. The first-order valence-electron chi connectivity index (χ1n) is 7.66. The van der Waals surface area contributed by atoms with E-state index in [1.165, 1.54) is 44.9 Å². The maximum Gasteiger partial charge on any atom is 0.0727 e. The zero-order valence-corrected chi connectivity index (χ0v) is 12.0. The third-order valence-corrected chi connectivity index (χ3v) is 3.87. The number of nitrogens with one attached hydrogen (secondary N) is 1. The van der Waals surface area contributed by atoms with E-state index in [0.29, 0.717) is 12.1 Å². The number of rotatable bonds is 10. The van der Waals surface area contributed by atoms with Crippen LogP contribution in [0, 0.1) is 5.92 Å². The van der Waals surface area contributed by atoms with E-state index in [2.05, 4.69) is 26.1 Å². The lowest BCUT2D eigenvalue weighted by atomic mass is 9.79. The Morgan fingerprint density at radius 3 is 2.41 bits per heavy atom. The fraction of sp³-hybridized carbons (Fsp3) is 1.00. The van der Waals surface area contributed by atoms with Gasteiger partial charge < -0.3 is 10.1 Å². The Morgan fingerprint density at radius 1 is 1.18 bits per heavy atom. The molecule has 0 heterocycles. The van der Waals surface area contributed by atoms with Crippen LogP contribution in [0.3, 0.4) is 0 Å². The van der Waals surface area contributed by atoms with Gasteiger partial charge in [-0.1, -0.05) is 39.5 Å². The predicted molar refractivity (Wildman–Crippen MR) is 74.4 cm³/mol. The van der Waals surface area contributed by atoms with Crippen molar-refractivity contribution in [2.75, 3.05) is 13.2 Å². The zero-order valence-electron chi connectivity index (χ0n) is 12.0. The summed E-state index contributed by atoms with van der Waals surface area (Å²) in [5.41, 5.74) is 0. The van der Waals surface area contributed by atoms with Gasteiger partial charge in [0.1, 0.15) is 0 Å². The van der Waals surface area contributed by atoms with Crippen LogP contribution in [-0.2, 0) is 4.74 Å². The third kappa shape index (κ3) is 5.39. The average Bonchev–Trinajstić information content (AvgIpc) is 2.27. The highest BCUT2D eigenvalue weighted by atomic mass is 16.5. The molecular formula is C15H31NO. The molecule has 0 radical (unpaired) electrons. The molecule has 0 saturated heterocycles. The molecule has 0 amide bonds. The van der Waals surface area contributed by atoms with Crippen LogP contribution in [0.15, 0.2) is 0 Å². The monoisotopic (exact) mass is 241 g/mol. The van der Waals surface area contributed by atoms with Crippen molar-refractivity contribution in [1.29, 1.82) is 0 Å². The summed E-state index contributed by atoms with van der Waals surface area (Å²) in [5.74, 6) is 0.962. The molecule has 1 N–H and O–H groups in total. The normalized spacial score (nSPS) is 19.9. The van der Waals surface area contributed by atoms with Crippen molar-refractivity contribution >= 4 is 0 Å². The van der Waals surface area contributed by atoms with Crippen molar-refractivity contribution in [2.24, 2.45) is 5.92 Å². The molecule has 0 bridgehead atoms. The van der Waals surface area contributed by atoms with Crippen LogP contribution in [-0.4, -0.2) is 25.3 Å². The number of hydrogen-bond acceptors (Lipinski definition) is 2. The molecule has 0 aromatic rings. The van der Waals surface area contributed by atoms with E-state index in [4.69, 9.17) is 4.74 Å². The largest absolute Gasteiger partial charge is 0.377 e. The van der Waals surface area contributed by atoms with E-state index < -0.39 is 0 Å². The van der Waals surface area contributed by atoms with Crippen molar-refractivity contribution in [1.82, 2.24) is 5.32 Å². The van der Waals surface area contributed by atoms with Gasteiger partial charge in [-0.15, -0.1) is 0 Å². The molecule has 2 nitrogen and oxygen atoms in total. The number of hydrogen-bond donors (Lipinski definition) is 1. The summed E-state index contributed by atoms with van der Waals surface area (Å²) in [7, 11) is 0. The molecule has 1 saturated carbocycles. The summed E-state index contributed by atoms with van der Waals surface area (Å²) in [4.78, 5) is 0. The Labute approximate surface area is 108 Å². The predicted octanol–water partition coefficient (Wildman–Crippen LogP) is 3.75. The molecule has 1 fully saturated rings. The molecule has 2 unspecified atom stereocenters. The van der Waals surface area contributed by atoms with Gasteiger partial charge in [-0.2, -0.15) is 0 Å². The smallest absolute Gasteiger partial charge is 0.0727 e. The van der Waals surface area contributed by atoms with Crippen molar-refractivity contribution in [3.8, 4) is 0 Å². The molecule has 0 aliphatic heterocycles. The Bertz CT molecular complexity index is 174. The minimum Gasteiger partial charge on any atom is -0.377 e. The third-order valence-electron chi connectivity index (χ3n) is 3.87. The molecule has 102 valence electrons. The second-order valence-electron chi connectivity index (χ2n) is 5.38. The first kappa shape index (κ1) is 15.0.